The summed E-state index contributed by atoms with van der Waals surface area (Å²) in [5.41, 5.74) is 0.973. The smallest absolute Gasteiger partial charge is 0.304 e. The molecule has 1 heterocycles. The second-order valence-electron chi connectivity index (χ2n) is 5.22. The van der Waals surface area contributed by atoms with Gasteiger partial charge in [0.2, 0.25) is 0 Å². The summed E-state index contributed by atoms with van der Waals surface area (Å²) in [6.07, 6.45) is 3.29. The molecule has 1 atom stereocenters. The summed E-state index contributed by atoms with van der Waals surface area (Å²) in [7, 11) is 1.52. The molecule has 1 aromatic carbocycles. The number of ether oxygens (including phenoxy) is 1. The lowest BCUT2D eigenvalue weighted by Crippen LogP contribution is -2.40. The van der Waals surface area contributed by atoms with Gasteiger partial charge in [-0.3, -0.25) is 9.69 Å². The average Bonchev–Trinajstić information content (AvgIpc) is 2.41. The van der Waals surface area contributed by atoms with Gasteiger partial charge < -0.3 is 14.9 Å². The molecule has 110 valence electrons. The number of carbonyl (C=O) groups is 1. The Morgan fingerprint density at radius 3 is 2.90 bits per heavy atom. The van der Waals surface area contributed by atoms with Crippen LogP contribution in [0.1, 0.15) is 31.2 Å². The number of likely N-dealkylation sites (tertiary alicyclic amines) is 1. The number of nitrogens with zero attached hydrogens (tertiary/aromatic N) is 1. The number of benzene rings is 1. The fraction of sp³-hybridized carbons (Fsp3) is 0.533. The van der Waals surface area contributed by atoms with E-state index in [-0.39, 0.29) is 18.2 Å². The number of rotatable bonds is 5. The summed E-state index contributed by atoms with van der Waals surface area (Å²) in [5.74, 6) is -0.175. The highest BCUT2D eigenvalue weighted by molar-refractivity contribution is 5.67. The van der Waals surface area contributed by atoms with Crippen molar-refractivity contribution in [3.63, 3.8) is 0 Å². The molecule has 1 saturated heterocycles. The minimum Gasteiger partial charge on any atom is -0.504 e. The van der Waals surface area contributed by atoms with Gasteiger partial charge in [-0.2, -0.15) is 0 Å². The summed E-state index contributed by atoms with van der Waals surface area (Å²) in [6.45, 7) is 1.57. The quantitative estimate of drug-likeness (QED) is 0.865. The van der Waals surface area contributed by atoms with Crippen molar-refractivity contribution in [2.24, 2.45) is 0 Å². The maximum Gasteiger partial charge on any atom is 0.304 e. The Hall–Kier alpha value is -1.75. The molecule has 0 saturated carbocycles. The van der Waals surface area contributed by atoms with Crippen LogP contribution in [-0.2, 0) is 11.3 Å². The molecule has 5 heteroatoms. The summed E-state index contributed by atoms with van der Waals surface area (Å²) in [4.78, 5) is 13.1. The molecular weight excluding hydrogens is 258 g/mol. The molecule has 1 fully saturated rings. The normalized spacial score (nSPS) is 19.8. The molecule has 2 N–H and O–H groups in total. The van der Waals surface area contributed by atoms with Crippen molar-refractivity contribution in [3.05, 3.63) is 23.8 Å². The number of piperidine rings is 1. The van der Waals surface area contributed by atoms with Crippen LogP contribution in [0, 0.1) is 0 Å². The number of carboxylic acid groups (broad SMARTS) is 1. The van der Waals surface area contributed by atoms with Crippen LogP contribution >= 0.6 is 0 Å². The number of hydrogen-bond acceptors (Lipinski definition) is 4. The Morgan fingerprint density at radius 2 is 2.25 bits per heavy atom. The van der Waals surface area contributed by atoms with Gasteiger partial charge in [0.05, 0.1) is 13.5 Å². The lowest BCUT2D eigenvalue weighted by molar-refractivity contribution is -0.138. The number of phenols is 1. The zero-order chi connectivity index (χ0) is 14.5. The van der Waals surface area contributed by atoms with E-state index in [0.29, 0.717) is 12.3 Å². The summed E-state index contributed by atoms with van der Waals surface area (Å²) in [6, 6.07) is 5.42. The van der Waals surface area contributed by atoms with Gasteiger partial charge in [0.25, 0.3) is 0 Å². The van der Waals surface area contributed by atoms with Crippen LogP contribution in [0.2, 0.25) is 0 Å². The lowest BCUT2D eigenvalue weighted by atomic mass is 9.98. The molecule has 0 spiro atoms. The van der Waals surface area contributed by atoms with Crippen molar-refractivity contribution < 1.29 is 19.7 Å². The zero-order valence-corrected chi connectivity index (χ0v) is 11.7. The van der Waals surface area contributed by atoms with Gasteiger partial charge in [-0.1, -0.05) is 12.5 Å². The van der Waals surface area contributed by atoms with E-state index >= 15 is 0 Å². The molecule has 0 aliphatic carbocycles. The standard InChI is InChI=1S/C15H21NO4/c1-20-14-6-5-11(8-13(14)17)10-16-7-3-2-4-12(16)9-15(18)19/h5-6,8,12,17H,2-4,7,9-10H2,1H3,(H,18,19). The van der Waals surface area contributed by atoms with Crippen LogP contribution in [0.4, 0.5) is 0 Å². The summed E-state index contributed by atoms with van der Waals surface area (Å²) >= 11 is 0. The molecule has 1 aliphatic rings. The van der Waals surface area contributed by atoms with Crippen molar-refractivity contribution >= 4 is 5.97 Å². The Balaban J connectivity index is 2.06. The largest absolute Gasteiger partial charge is 0.504 e. The van der Waals surface area contributed by atoms with Gasteiger partial charge in [0.15, 0.2) is 11.5 Å². The Kier molecular flexibility index (Phi) is 4.84. The van der Waals surface area contributed by atoms with E-state index in [1.54, 1.807) is 12.1 Å². The highest BCUT2D eigenvalue weighted by Gasteiger charge is 2.24. The van der Waals surface area contributed by atoms with Crippen LogP contribution in [0.25, 0.3) is 0 Å². The molecule has 0 radical (unpaired) electrons. The Morgan fingerprint density at radius 1 is 1.45 bits per heavy atom. The predicted octanol–water partition coefficient (Wildman–Crippen LogP) is 2.23. The fourth-order valence-corrected chi connectivity index (χ4v) is 2.77. The van der Waals surface area contributed by atoms with Crippen molar-refractivity contribution in [1.82, 2.24) is 4.90 Å². The molecular formula is C15H21NO4. The number of methoxy groups -OCH3 is 1. The molecule has 0 bridgehead atoms. The summed E-state index contributed by atoms with van der Waals surface area (Å²) < 4.78 is 5.02. The molecule has 0 aromatic heterocycles. The van der Waals surface area contributed by atoms with Crippen molar-refractivity contribution in [2.75, 3.05) is 13.7 Å². The molecule has 1 aromatic rings. The average molecular weight is 279 g/mol. The third kappa shape index (κ3) is 3.63. The maximum atomic E-state index is 10.9. The van der Waals surface area contributed by atoms with Crippen molar-refractivity contribution in [1.29, 1.82) is 0 Å². The zero-order valence-electron chi connectivity index (χ0n) is 11.7. The van der Waals surface area contributed by atoms with Crippen molar-refractivity contribution in [2.45, 2.75) is 38.3 Å². The molecule has 1 aliphatic heterocycles. The van der Waals surface area contributed by atoms with E-state index in [0.717, 1.165) is 31.4 Å². The van der Waals surface area contributed by atoms with Gasteiger partial charge in [-0.15, -0.1) is 0 Å². The highest BCUT2D eigenvalue weighted by Crippen LogP contribution is 2.28. The number of phenolic OH excluding ortho intramolecular Hbond substituents is 1. The topological polar surface area (TPSA) is 70.0 Å². The second kappa shape index (κ2) is 6.61. The fourth-order valence-electron chi connectivity index (χ4n) is 2.77. The predicted molar refractivity (Wildman–Crippen MR) is 75.0 cm³/mol. The Labute approximate surface area is 118 Å². The monoisotopic (exact) mass is 279 g/mol. The Bertz CT molecular complexity index is 475. The minimum absolute atomic E-state index is 0.0884. The molecule has 0 amide bonds. The van der Waals surface area contributed by atoms with Crippen LogP contribution in [0.15, 0.2) is 18.2 Å². The first-order chi connectivity index (χ1) is 9.60. The first kappa shape index (κ1) is 14.7. The van der Waals surface area contributed by atoms with E-state index < -0.39 is 5.97 Å². The number of aromatic hydroxyl groups is 1. The van der Waals surface area contributed by atoms with Crippen molar-refractivity contribution in [3.8, 4) is 11.5 Å². The number of carboxylic acids is 1. The molecule has 20 heavy (non-hydrogen) atoms. The van der Waals surface area contributed by atoms with E-state index in [4.69, 9.17) is 9.84 Å². The van der Waals surface area contributed by atoms with E-state index in [2.05, 4.69) is 4.90 Å². The van der Waals surface area contributed by atoms with E-state index in [1.165, 1.54) is 7.11 Å². The van der Waals surface area contributed by atoms with Crippen LogP contribution in [-0.4, -0.2) is 40.8 Å². The van der Waals surface area contributed by atoms with E-state index in [1.807, 2.05) is 6.07 Å². The van der Waals surface area contributed by atoms with E-state index in [9.17, 15) is 9.90 Å². The van der Waals surface area contributed by atoms with Gasteiger partial charge >= 0.3 is 5.97 Å². The number of hydrogen-bond donors (Lipinski definition) is 2. The molecule has 1 unspecified atom stereocenters. The maximum absolute atomic E-state index is 10.9. The van der Waals surface area contributed by atoms with Gasteiger partial charge in [-0.25, -0.2) is 0 Å². The first-order valence-electron chi connectivity index (χ1n) is 6.92. The third-order valence-corrected chi connectivity index (χ3v) is 3.79. The lowest BCUT2D eigenvalue weighted by Gasteiger charge is -2.35. The number of aliphatic carboxylic acids is 1. The SMILES string of the molecule is COc1ccc(CN2CCCCC2CC(=O)O)cc1O. The first-order valence-corrected chi connectivity index (χ1v) is 6.92. The van der Waals surface area contributed by atoms with Gasteiger partial charge in [-0.05, 0) is 37.1 Å². The molecule has 5 nitrogen and oxygen atoms in total. The van der Waals surface area contributed by atoms with Gasteiger partial charge in [0, 0.05) is 12.6 Å². The second-order valence-corrected chi connectivity index (χ2v) is 5.22. The van der Waals surface area contributed by atoms with Crippen LogP contribution in [0.3, 0.4) is 0 Å². The summed E-state index contributed by atoms with van der Waals surface area (Å²) in [5, 5.41) is 18.8. The van der Waals surface area contributed by atoms with Gasteiger partial charge in [0.1, 0.15) is 0 Å². The molecule has 2 rings (SSSR count). The minimum atomic E-state index is -0.750. The highest BCUT2D eigenvalue weighted by atomic mass is 16.5. The van der Waals surface area contributed by atoms with Crippen LogP contribution in [0.5, 0.6) is 11.5 Å². The van der Waals surface area contributed by atoms with Crippen LogP contribution < -0.4 is 4.74 Å². The third-order valence-electron chi connectivity index (χ3n) is 3.79.